The molecule has 2 aromatic rings. The first-order chi connectivity index (χ1) is 8.59. The van der Waals surface area contributed by atoms with E-state index >= 15 is 0 Å². The molecule has 0 saturated heterocycles. The molecular formula is C12H6Cl2F2N2. The molecule has 0 amide bonds. The van der Waals surface area contributed by atoms with Gasteiger partial charge in [0.15, 0.2) is 17.3 Å². The van der Waals surface area contributed by atoms with E-state index in [0.717, 1.165) is 12.1 Å². The summed E-state index contributed by atoms with van der Waals surface area (Å²) in [5.41, 5.74) is -0.308. The number of rotatable bonds is 2. The molecule has 2 rings (SSSR count). The highest BCUT2D eigenvalue weighted by atomic mass is 35.5. The molecule has 6 heteroatoms. The Labute approximate surface area is 112 Å². The lowest BCUT2D eigenvalue weighted by molar-refractivity contribution is 0.585. The molecule has 2 nitrogen and oxygen atoms in total. The van der Waals surface area contributed by atoms with Crippen molar-refractivity contribution in [3.8, 4) is 0 Å². The van der Waals surface area contributed by atoms with Crippen molar-refractivity contribution in [2.45, 2.75) is 0 Å². The minimum Gasteiger partial charge on any atom is -0.204 e. The average molecular weight is 287 g/mol. The van der Waals surface area contributed by atoms with Gasteiger partial charge in [-0.3, -0.25) is 0 Å². The summed E-state index contributed by atoms with van der Waals surface area (Å²) in [6.07, 6.45) is 0. The Morgan fingerprint density at radius 2 is 1.17 bits per heavy atom. The van der Waals surface area contributed by atoms with Gasteiger partial charge < -0.3 is 0 Å². The second-order valence-electron chi connectivity index (χ2n) is 3.34. The molecule has 0 atom stereocenters. The van der Waals surface area contributed by atoms with Crippen LogP contribution in [0.15, 0.2) is 46.6 Å². The number of benzene rings is 2. The lowest BCUT2D eigenvalue weighted by Gasteiger charge is -2.00. The Morgan fingerprint density at radius 1 is 0.722 bits per heavy atom. The van der Waals surface area contributed by atoms with Crippen molar-refractivity contribution >= 4 is 34.6 Å². The quantitative estimate of drug-likeness (QED) is 0.634. The Bertz CT molecular complexity index is 521. The van der Waals surface area contributed by atoms with Crippen LogP contribution in [0.3, 0.4) is 0 Å². The van der Waals surface area contributed by atoms with Gasteiger partial charge in [0.25, 0.3) is 0 Å². The maximum atomic E-state index is 13.3. The van der Waals surface area contributed by atoms with Gasteiger partial charge in [0.2, 0.25) is 0 Å². The lowest BCUT2D eigenvalue weighted by Crippen LogP contribution is -1.80. The number of azo groups is 1. The van der Waals surface area contributed by atoms with E-state index < -0.39 is 17.3 Å². The molecule has 0 heterocycles. The van der Waals surface area contributed by atoms with E-state index in [1.807, 2.05) is 0 Å². The largest absolute Gasteiger partial charge is 0.204 e. The maximum Gasteiger partial charge on any atom is 0.157 e. The third kappa shape index (κ3) is 2.66. The van der Waals surface area contributed by atoms with Gasteiger partial charge in [-0.1, -0.05) is 35.3 Å². The number of hydrogen-bond donors (Lipinski definition) is 0. The van der Waals surface area contributed by atoms with Crippen molar-refractivity contribution in [3.05, 3.63) is 58.1 Å². The first-order valence-corrected chi connectivity index (χ1v) is 5.65. The molecular weight excluding hydrogens is 281 g/mol. The van der Waals surface area contributed by atoms with Crippen LogP contribution in [0.1, 0.15) is 0 Å². The molecule has 0 aliphatic carbocycles. The van der Waals surface area contributed by atoms with Crippen LogP contribution >= 0.6 is 23.2 Å². The zero-order chi connectivity index (χ0) is 13.1. The van der Waals surface area contributed by atoms with Crippen LogP contribution in [0.25, 0.3) is 0 Å². The zero-order valence-electron chi connectivity index (χ0n) is 8.87. The summed E-state index contributed by atoms with van der Waals surface area (Å²) in [6, 6.07) is 8.16. The molecule has 0 spiro atoms. The van der Waals surface area contributed by atoms with Crippen molar-refractivity contribution in [2.24, 2.45) is 10.2 Å². The van der Waals surface area contributed by atoms with Crippen LogP contribution in [0.4, 0.5) is 20.2 Å². The van der Waals surface area contributed by atoms with E-state index in [9.17, 15) is 8.78 Å². The molecule has 2 aromatic carbocycles. The summed E-state index contributed by atoms with van der Waals surface area (Å²) < 4.78 is 26.6. The fourth-order valence-electron chi connectivity index (χ4n) is 1.27. The average Bonchev–Trinajstić information content (AvgIpc) is 2.31. The zero-order valence-corrected chi connectivity index (χ0v) is 10.4. The minimum absolute atomic E-state index is 0.170. The molecule has 0 unspecified atom stereocenters. The summed E-state index contributed by atoms with van der Waals surface area (Å²) in [5, 5.41) is 7.69. The molecule has 0 saturated carbocycles. The highest BCUT2D eigenvalue weighted by Gasteiger charge is 2.08. The van der Waals surface area contributed by atoms with Crippen molar-refractivity contribution in [1.29, 1.82) is 0 Å². The SMILES string of the molecule is Fc1cccc(F)c1N=Nc1c(Cl)cccc1Cl. The standard InChI is InChI=1S/C12H6Cl2F2N2/c13-7-3-1-4-8(14)11(7)17-18-12-9(15)5-2-6-10(12)16/h1-6H. The van der Waals surface area contributed by atoms with Gasteiger partial charge in [0.1, 0.15) is 5.69 Å². The number of halogens is 4. The first kappa shape index (κ1) is 12.9. The van der Waals surface area contributed by atoms with Gasteiger partial charge in [0.05, 0.1) is 10.0 Å². The molecule has 92 valence electrons. The summed E-state index contributed by atoms with van der Waals surface area (Å²) in [6.45, 7) is 0. The van der Waals surface area contributed by atoms with Gasteiger partial charge in [0, 0.05) is 0 Å². The second kappa shape index (κ2) is 5.42. The van der Waals surface area contributed by atoms with Crippen LogP contribution < -0.4 is 0 Å². The van der Waals surface area contributed by atoms with E-state index in [2.05, 4.69) is 10.2 Å². The predicted octanol–water partition coefficient (Wildman–Crippen LogP) is 5.69. The highest BCUT2D eigenvalue weighted by molar-refractivity contribution is 6.38. The Morgan fingerprint density at radius 3 is 1.72 bits per heavy atom. The Hall–Kier alpha value is -1.52. The molecule has 0 aliphatic heterocycles. The number of hydrogen-bond acceptors (Lipinski definition) is 2. The van der Waals surface area contributed by atoms with E-state index in [4.69, 9.17) is 23.2 Å². The van der Waals surface area contributed by atoms with Gasteiger partial charge in [-0.25, -0.2) is 8.78 Å². The second-order valence-corrected chi connectivity index (χ2v) is 4.15. The van der Waals surface area contributed by atoms with Crippen molar-refractivity contribution < 1.29 is 8.78 Å². The van der Waals surface area contributed by atoms with Crippen molar-refractivity contribution in [2.75, 3.05) is 0 Å². The third-order valence-electron chi connectivity index (χ3n) is 2.13. The van der Waals surface area contributed by atoms with Crippen LogP contribution in [0.5, 0.6) is 0 Å². The summed E-state index contributed by atoms with van der Waals surface area (Å²) >= 11 is 11.7. The highest BCUT2D eigenvalue weighted by Crippen LogP contribution is 2.34. The Balaban J connectivity index is 2.43. The molecule has 0 fully saturated rings. The molecule has 18 heavy (non-hydrogen) atoms. The number of nitrogens with zero attached hydrogens (tertiary/aromatic N) is 2. The molecule has 0 bridgehead atoms. The fraction of sp³-hybridized carbons (Fsp3) is 0. The van der Waals surface area contributed by atoms with Crippen LogP contribution in [0, 0.1) is 11.6 Å². The van der Waals surface area contributed by atoms with Crippen LogP contribution in [0.2, 0.25) is 10.0 Å². The first-order valence-electron chi connectivity index (χ1n) is 4.89. The molecule has 0 aromatic heterocycles. The van der Waals surface area contributed by atoms with Crippen LogP contribution in [-0.4, -0.2) is 0 Å². The minimum atomic E-state index is -0.804. The normalized spacial score (nSPS) is 11.1. The van der Waals surface area contributed by atoms with Gasteiger partial charge in [-0.2, -0.15) is 0 Å². The molecule has 0 aliphatic rings. The monoisotopic (exact) mass is 286 g/mol. The Kier molecular flexibility index (Phi) is 3.89. The summed E-state index contributed by atoms with van der Waals surface area (Å²) in [4.78, 5) is 0. The fourth-order valence-corrected chi connectivity index (χ4v) is 1.74. The van der Waals surface area contributed by atoms with Gasteiger partial charge in [-0.05, 0) is 24.3 Å². The van der Waals surface area contributed by atoms with Gasteiger partial charge in [-0.15, -0.1) is 10.2 Å². The van der Waals surface area contributed by atoms with Gasteiger partial charge >= 0.3 is 0 Å². The summed E-state index contributed by atoms with van der Waals surface area (Å²) in [5.74, 6) is -1.61. The predicted molar refractivity (Wildman–Crippen MR) is 67.0 cm³/mol. The van der Waals surface area contributed by atoms with E-state index in [1.54, 1.807) is 18.2 Å². The maximum absolute atomic E-state index is 13.3. The third-order valence-corrected chi connectivity index (χ3v) is 2.74. The van der Waals surface area contributed by atoms with Crippen molar-refractivity contribution in [3.63, 3.8) is 0 Å². The molecule has 0 N–H and O–H groups in total. The smallest absolute Gasteiger partial charge is 0.157 e. The topological polar surface area (TPSA) is 24.7 Å². The lowest BCUT2D eigenvalue weighted by atomic mass is 10.3. The van der Waals surface area contributed by atoms with E-state index in [-0.39, 0.29) is 15.7 Å². The van der Waals surface area contributed by atoms with Crippen molar-refractivity contribution in [1.82, 2.24) is 0 Å². The van der Waals surface area contributed by atoms with E-state index in [0.29, 0.717) is 0 Å². The molecule has 0 radical (unpaired) electrons. The summed E-state index contributed by atoms with van der Waals surface area (Å²) in [7, 11) is 0. The van der Waals surface area contributed by atoms with Crippen LogP contribution in [-0.2, 0) is 0 Å². The van der Waals surface area contributed by atoms with E-state index in [1.165, 1.54) is 6.07 Å².